The fraction of sp³-hybridized carbons (Fsp3) is 0.786. The molecule has 0 bridgehead atoms. The SMILES string of the molecule is CCC(C)n1ccc(CC2(O)CCCNCC2)n1. The van der Waals surface area contributed by atoms with E-state index in [1.54, 1.807) is 0 Å². The molecule has 2 rings (SSSR count). The van der Waals surface area contributed by atoms with Gasteiger partial charge in [0.25, 0.3) is 0 Å². The summed E-state index contributed by atoms with van der Waals surface area (Å²) in [6, 6.07) is 2.48. The maximum absolute atomic E-state index is 10.6. The zero-order chi connectivity index (χ0) is 13.0. The predicted molar refractivity (Wildman–Crippen MR) is 72.6 cm³/mol. The van der Waals surface area contributed by atoms with E-state index in [1.807, 2.05) is 16.9 Å². The predicted octanol–water partition coefficient (Wildman–Crippen LogP) is 1.90. The number of aromatic nitrogens is 2. The largest absolute Gasteiger partial charge is 0.389 e. The topological polar surface area (TPSA) is 50.1 Å². The lowest BCUT2D eigenvalue weighted by Crippen LogP contribution is -2.32. The molecule has 0 aromatic carbocycles. The summed E-state index contributed by atoms with van der Waals surface area (Å²) in [6.45, 7) is 6.25. The number of aliphatic hydroxyl groups is 1. The van der Waals surface area contributed by atoms with E-state index in [1.165, 1.54) is 0 Å². The molecule has 2 atom stereocenters. The van der Waals surface area contributed by atoms with Crippen molar-refractivity contribution in [2.24, 2.45) is 0 Å². The Kier molecular flexibility index (Phi) is 4.40. The normalized spacial score (nSPS) is 26.8. The van der Waals surface area contributed by atoms with Crippen molar-refractivity contribution in [1.82, 2.24) is 15.1 Å². The fourth-order valence-electron chi connectivity index (χ4n) is 2.53. The lowest BCUT2D eigenvalue weighted by Gasteiger charge is -2.25. The molecule has 1 fully saturated rings. The van der Waals surface area contributed by atoms with Gasteiger partial charge in [-0.15, -0.1) is 0 Å². The quantitative estimate of drug-likeness (QED) is 0.859. The molecule has 4 heteroatoms. The highest BCUT2D eigenvalue weighted by molar-refractivity contribution is 5.05. The first kappa shape index (κ1) is 13.6. The van der Waals surface area contributed by atoms with Crippen LogP contribution in [0.2, 0.25) is 0 Å². The van der Waals surface area contributed by atoms with Crippen LogP contribution in [0.5, 0.6) is 0 Å². The maximum atomic E-state index is 10.6. The molecule has 1 saturated heterocycles. The summed E-state index contributed by atoms with van der Waals surface area (Å²) in [4.78, 5) is 0. The molecule has 4 nitrogen and oxygen atoms in total. The van der Waals surface area contributed by atoms with Crippen molar-refractivity contribution in [2.75, 3.05) is 13.1 Å². The van der Waals surface area contributed by atoms with Gasteiger partial charge in [-0.05, 0) is 51.8 Å². The molecule has 0 amide bonds. The molecule has 0 aliphatic carbocycles. The molecule has 1 aliphatic rings. The maximum Gasteiger partial charge on any atom is 0.0716 e. The van der Waals surface area contributed by atoms with Gasteiger partial charge in [0.2, 0.25) is 0 Å². The number of rotatable bonds is 4. The summed E-state index contributed by atoms with van der Waals surface area (Å²) in [5.41, 5.74) is 0.442. The molecule has 0 radical (unpaired) electrons. The van der Waals surface area contributed by atoms with Crippen LogP contribution in [0.25, 0.3) is 0 Å². The molecular weight excluding hydrogens is 226 g/mol. The molecule has 2 N–H and O–H groups in total. The second kappa shape index (κ2) is 5.85. The van der Waals surface area contributed by atoms with E-state index in [0.29, 0.717) is 12.5 Å². The molecular formula is C14H25N3O. The van der Waals surface area contributed by atoms with Gasteiger partial charge in [0.05, 0.1) is 11.3 Å². The van der Waals surface area contributed by atoms with Crippen molar-refractivity contribution in [3.63, 3.8) is 0 Å². The minimum atomic E-state index is -0.571. The van der Waals surface area contributed by atoms with Crippen LogP contribution in [-0.2, 0) is 6.42 Å². The van der Waals surface area contributed by atoms with Crippen LogP contribution >= 0.6 is 0 Å². The average molecular weight is 251 g/mol. The molecule has 0 spiro atoms. The van der Waals surface area contributed by atoms with E-state index in [9.17, 15) is 5.11 Å². The summed E-state index contributed by atoms with van der Waals surface area (Å²) < 4.78 is 2.01. The zero-order valence-electron chi connectivity index (χ0n) is 11.5. The monoisotopic (exact) mass is 251 g/mol. The van der Waals surface area contributed by atoms with Gasteiger partial charge in [-0.1, -0.05) is 6.92 Å². The third-order valence-electron chi connectivity index (χ3n) is 3.98. The first-order chi connectivity index (χ1) is 8.63. The van der Waals surface area contributed by atoms with Crippen LogP contribution < -0.4 is 5.32 Å². The van der Waals surface area contributed by atoms with Crippen molar-refractivity contribution in [3.05, 3.63) is 18.0 Å². The number of hydrogen-bond donors (Lipinski definition) is 2. The van der Waals surface area contributed by atoms with Gasteiger partial charge in [-0.2, -0.15) is 5.10 Å². The van der Waals surface area contributed by atoms with Crippen LogP contribution in [-0.4, -0.2) is 33.6 Å². The first-order valence-corrected chi connectivity index (χ1v) is 7.10. The fourth-order valence-corrected chi connectivity index (χ4v) is 2.53. The Morgan fingerprint density at radius 3 is 3.11 bits per heavy atom. The smallest absolute Gasteiger partial charge is 0.0716 e. The Hall–Kier alpha value is -0.870. The summed E-state index contributed by atoms with van der Waals surface area (Å²) in [5.74, 6) is 0. The number of nitrogens with one attached hydrogen (secondary N) is 1. The first-order valence-electron chi connectivity index (χ1n) is 7.10. The Bertz CT molecular complexity index is 367. The van der Waals surface area contributed by atoms with Gasteiger partial charge in [0, 0.05) is 18.7 Å². The Balaban J connectivity index is 2.01. The van der Waals surface area contributed by atoms with Gasteiger partial charge < -0.3 is 10.4 Å². The van der Waals surface area contributed by atoms with Crippen molar-refractivity contribution in [3.8, 4) is 0 Å². The summed E-state index contributed by atoms with van der Waals surface area (Å²) in [6.07, 6.45) is 6.52. The van der Waals surface area contributed by atoms with Crippen molar-refractivity contribution < 1.29 is 5.11 Å². The standard InChI is InChI=1S/C14H25N3O/c1-3-12(2)17-10-5-13(16-17)11-14(18)6-4-8-15-9-7-14/h5,10,12,15,18H,3-4,6-9,11H2,1-2H3. The minimum Gasteiger partial charge on any atom is -0.389 e. The van der Waals surface area contributed by atoms with Gasteiger partial charge >= 0.3 is 0 Å². The van der Waals surface area contributed by atoms with E-state index >= 15 is 0 Å². The van der Waals surface area contributed by atoms with Gasteiger partial charge in [-0.25, -0.2) is 0 Å². The van der Waals surface area contributed by atoms with Crippen LogP contribution in [0.3, 0.4) is 0 Å². The zero-order valence-corrected chi connectivity index (χ0v) is 11.5. The molecule has 0 saturated carbocycles. The van der Waals surface area contributed by atoms with E-state index in [0.717, 1.165) is 44.5 Å². The van der Waals surface area contributed by atoms with Crippen molar-refractivity contribution in [2.45, 2.75) is 57.6 Å². The molecule has 2 unspecified atom stereocenters. The van der Waals surface area contributed by atoms with Crippen LogP contribution in [0.4, 0.5) is 0 Å². The lowest BCUT2D eigenvalue weighted by molar-refractivity contribution is 0.0274. The van der Waals surface area contributed by atoms with Gasteiger partial charge in [0.1, 0.15) is 0 Å². The van der Waals surface area contributed by atoms with Gasteiger partial charge in [0.15, 0.2) is 0 Å². The Morgan fingerprint density at radius 1 is 1.50 bits per heavy atom. The second-order valence-electron chi connectivity index (χ2n) is 5.55. The third kappa shape index (κ3) is 3.33. The summed E-state index contributed by atoms with van der Waals surface area (Å²) in [5, 5.41) is 18.5. The summed E-state index contributed by atoms with van der Waals surface area (Å²) >= 11 is 0. The van der Waals surface area contributed by atoms with E-state index in [4.69, 9.17) is 0 Å². The van der Waals surface area contributed by atoms with E-state index < -0.39 is 5.60 Å². The third-order valence-corrected chi connectivity index (χ3v) is 3.98. The molecule has 1 aliphatic heterocycles. The molecule has 102 valence electrons. The minimum absolute atomic E-state index is 0.434. The van der Waals surface area contributed by atoms with E-state index in [2.05, 4.69) is 24.3 Å². The van der Waals surface area contributed by atoms with Gasteiger partial charge in [-0.3, -0.25) is 4.68 Å². The van der Waals surface area contributed by atoms with Crippen molar-refractivity contribution >= 4 is 0 Å². The molecule has 2 heterocycles. The van der Waals surface area contributed by atoms with E-state index in [-0.39, 0.29) is 0 Å². The Labute approximate surface area is 109 Å². The van der Waals surface area contributed by atoms with Crippen LogP contribution in [0.15, 0.2) is 12.3 Å². The van der Waals surface area contributed by atoms with Crippen LogP contribution in [0.1, 0.15) is 51.3 Å². The highest BCUT2D eigenvalue weighted by Crippen LogP contribution is 2.24. The van der Waals surface area contributed by atoms with Crippen molar-refractivity contribution in [1.29, 1.82) is 0 Å². The highest BCUT2D eigenvalue weighted by Gasteiger charge is 2.29. The number of hydrogen-bond acceptors (Lipinski definition) is 3. The lowest BCUT2D eigenvalue weighted by atomic mass is 9.90. The molecule has 1 aromatic rings. The molecule has 1 aromatic heterocycles. The summed E-state index contributed by atoms with van der Waals surface area (Å²) in [7, 11) is 0. The average Bonchev–Trinajstić information content (AvgIpc) is 2.70. The highest BCUT2D eigenvalue weighted by atomic mass is 16.3. The number of nitrogens with zero attached hydrogens (tertiary/aromatic N) is 2. The molecule has 18 heavy (non-hydrogen) atoms. The Morgan fingerprint density at radius 2 is 2.33 bits per heavy atom. The van der Waals surface area contributed by atoms with Crippen LogP contribution in [0, 0.1) is 0 Å². The second-order valence-corrected chi connectivity index (χ2v) is 5.55.